The molecular weight excluding hydrogens is 352 g/mol. The van der Waals surface area contributed by atoms with Gasteiger partial charge in [-0.3, -0.25) is 4.79 Å². The minimum atomic E-state index is -0.362. The van der Waals surface area contributed by atoms with E-state index in [1.54, 1.807) is 0 Å². The molecule has 1 fully saturated rings. The predicted molar refractivity (Wildman–Crippen MR) is 92.8 cm³/mol. The third kappa shape index (κ3) is 4.70. The van der Waals surface area contributed by atoms with Gasteiger partial charge in [-0.05, 0) is 42.4 Å². The molecular formula is C16H24BrClN2O. The number of benzene rings is 1. The molecule has 0 spiro atoms. The minimum Gasteiger partial charge on any atom is -0.341 e. The molecule has 1 amide bonds. The summed E-state index contributed by atoms with van der Waals surface area (Å²) in [7, 11) is 0. The van der Waals surface area contributed by atoms with Crippen molar-refractivity contribution in [1.82, 2.24) is 4.90 Å². The molecule has 1 aliphatic heterocycles. The van der Waals surface area contributed by atoms with Crippen molar-refractivity contribution >= 4 is 34.2 Å². The summed E-state index contributed by atoms with van der Waals surface area (Å²) >= 11 is 3.46. The molecule has 0 saturated carbocycles. The summed E-state index contributed by atoms with van der Waals surface area (Å²) in [5, 5.41) is 0. The van der Waals surface area contributed by atoms with Gasteiger partial charge in [0.25, 0.3) is 0 Å². The summed E-state index contributed by atoms with van der Waals surface area (Å²) in [4.78, 5) is 14.2. The molecule has 1 heterocycles. The van der Waals surface area contributed by atoms with Crippen LogP contribution >= 0.6 is 28.3 Å². The lowest BCUT2D eigenvalue weighted by Gasteiger charge is -2.34. The Bertz CT molecular complexity index is 456. The van der Waals surface area contributed by atoms with Gasteiger partial charge >= 0.3 is 0 Å². The number of nitrogens with zero attached hydrogens (tertiary/aromatic N) is 1. The Kier molecular flexibility index (Phi) is 7.17. The van der Waals surface area contributed by atoms with Crippen LogP contribution in [0, 0.1) is 5.92 Å². The van der Waals surface area contributed by atoms with Crippen LogP contribution < -0.4 is 5.73 Å². The lowest BCUT2D eigenvalue weighted by atomic mass is 9.89. The third-order valence-electron chi connectivity index (χ3n) is 4.15. The Morgan fingerprint density at radius 1 is 1.24 bits per heavy atom. The topological polar surface area (TPSA) is 46.3 Å². The lowest BCUT2D eigenvalue weighted by Crippen LogP contribution is -2.49. The van der Waals surface area contributed by atoms with Crippen LogP contribution in [0.1, 0.15) is 38.2 Å². The molecule has 1 aliphatic rings. The highest BCUT2D eigenvalue weighted by Gasteiger charge is 2.28. The summed E-state index contributed by atoms with van der Waals surface area (Å²) in [5.41, 5.74) is 7.33. The van der Waals surface area contributed by atoms with Gasteiger partial charge in [0.1, 0.15) is 0 Å². The van der Waals surface area contributed by atoms with Crippen molar-refractivity contribution in [2.24, 2.45) is 11.7 Å². The number of hydrogen-bond donors (Lipinski definition) is 1. The maximum absolute atomic E-state index is 12.2. The molecule has 5 heteroatoms. The van der Waals surface area contributed by atoms with Gasteiger partial charge in [-0.25, -0.2) is 0 Å². The summed E-state index contributed by atoms with van der Waals surface area (Å²) in [6, 6.07) is 8.15. The van der Waals surface area contributed by atoms with Crippen molar-refractivity contribution in [3.8, 4) is 0 Å². The Labute approximate surface area is 141 Å². The zero-order chi connectivity index (χ0) is 14.7. The fraction of sp³-hybridized carbons (Fsp3) is 0.562. The number of carbonyl (C=O) groups excluding carboxylic acids is 1. The third-order valence-corrected chi connectivity index (χ3v) is 4.68. The van der Waals surface area contributed by atoms with Gasteiger partial charge < -0.3 is 10.6 Å². The van der Waals surface area contributed by atoms with E-state index in [9.17, 15) is 4.79 Å². The number of carbonyl (C=O) groups is 1. The van der Waals surface area contributed by atoms with Crippen LogP contribution in [-0.4, -0.2) is 29.9 Å². The Morgan fingerprint density at radius 2 is 1.76 bits per heavy atom. The number of rotatable bonds is 3. The average Bonchev–Trinajstić information content (AvgIpc) is 2.46. The van der Waals surface area contributed by atoms with Crippen LogP contribution in [0.4, 0.5) is 0 Å². The van der Waals surface area contributed by atoms with Crippen LogP contribution in [-0.2, 0) is 4.79 Å². The first-order valence-electron chi connectivity index (χ1n) is 7.29. The highest BCUT2D eigenvalue weighted by atomic mass is 79.9. The van der Waals surface area contributed by atoms with E-state index in [0.29, 0.717) is 5.92 Å². The predicted octanol–water partition coefficient (Wildman–Crippen LogP) is 3.56. The molecule has 118 valence electrons. The van der Waals surface area contributed by atoms with Crippen molar-refractivity contribution in [2.75, 3.05) is 13.1 Å². The van der Waals surface area contributed by atoms with Crippen LogP contribution in [0.3, 0.4) is 0 Å². The normalized spacial score (nSPS) is 17.5. The van der Waals surface area contributed by atoms with Crippen molar-refractivity contribution in [2.45, 2.75) is 38.6 Å². The van der Waals surface area contributed by atoms with Gasteiger partial charge in [-0.15, -0.1) is 12.4 Å². The number of nitrogens with two attached hydrogens (primary N) is 1. The van der Waals surface area contributed by atoms with Gasteiger partial charge in [0, 0.05) is 17.6 Å². The van der Waals surface area contributed by atoms with Gasteiger partial charge in [-0.2, -0.15) is 0 Å². The maximum Gasteiger partial charge on any atom is 0.239 e. The van der Waals surface area contributed by atoms with E-state index in [1.807, 2.05) is 18.7 Å². The van der Waals surface area contributed by atoms with E-state index in [-0.39, 0.29) is 30.3 Å². The van der Waals surface area contributed by atoms with Crippen molar-refractivity contribution < 1.29 is 4.79 Å². The molecule has 2 rings (SSSR count). The maximum atomic E-state index is 12.2. The summed E-state index contributed by atoms with van der Waals surface area (Å²) in [6.07, 6.45) is 2.05. The first-order chi connectivity index (χ1) is 9.49. The van der Waals surface area contributed by atoms with Crippen LogP contribution in [0.25, 0.3) is 0 Å². The molecule has 3 nitrogen and oxygen atoms in total. The summed E-state index contributed by atoms with van der Waals surface area (Å²) in [5.74, 6) is 0.864. The molecule has 1 atom stereocenters. The molecule has 1 aromatic rings. The molecule has 0 bridgehead atoms. The molecule has 0 radical (unpaired) electrons. The second-order valence-corrected chi connectivity index (χ2v) is 6.84. The van der Waals surface area contributed by atoms with Crippen LogP contribution in [0.2, 0.25) is 0 Å². The number of hydrogen-bond acceptors (Lipinski definition) is 2. The Morgan fingerprint density at radius 3 is 2.24 bits per heavy atom. The summed E-state index contributed by atoms with van der Waals surface area (Å²) < 4.78 is 1.11. The lowest BCUT2D eigenvalue weighted by molar-refractivity contribution is -0.134. The van der Waals surface area contributed by atoms with Gasteiger partial charge in [-0.1, -0.05) is 41.9 Å². The Balaban J connectivity index is 0.00000220. The largest absolute Gasteiger partial charge is 0.341 e. The van der Waals surface area contributed by atoms with Crippen LogP contribution in [0.15, 0.2) is 28.7 Å². The van der Waals surface area contributed by atoms with Gasteiger partial charge in [0.2, 0.25) is 5.91 Å². The highest BCUT2D eigenvalue weighted by molar-refractivity contribution is 9.10. The minimum absolute atomic E-state index is 0. The van der Waals surface area contributed by atoms with Gasteiger partial charge in [0.15, 0.2) is 0 Å². The van der Waals surface area contributed by atoms with Gasteiger partial charge in [0.05, 0.1) is 6.04 Å². The molecule has 2 N–H and O–H groups in total. The van der Waals surface area contributed by atoms with Crippen molar-refractivity contribution in [1.29, 1.82) is 0 Å². The quantitative estimate of drug-likeness (QED) is 0.878. The number of halogens is 2. The standard InChI is InChI=1S/C16H23BrN2O.ClH/c1-11(2)15(18)16(20)19-9-7-13(8-10-19)12-3-5-14(17)6-4-12;/h3-6,11,13,15H,7-10,18H2,1-2H3;1H. The number of piperidine rings is 1. The van der Waals surface area contributed by atoms with E-state index in [0.717, 1.165) is 30.4 Å². The van der Waals surface area contributed by atoms with E-state index < -0.39 is 0 Å². The molecule has 1 aromatic carbocycles. The highest BCUT2D eigenvalue weighted by Crippen LogP contribution is 2.29. The number of likely N-dealkylation sites (tertiary alicyclic amines) is 1. The number of amides is 1. The molecule has 1 unspecified atom stereocenters. The van der Waals surface area contributed by atoms with E-state index >= 15 is 0 Å². The fourth-order valence-electron chi connectivity index (χ4n) is 2.66. The first-order valence-corrected chi connectivity index (χ1v) is 8.08. The zero-order valence-corrected chi connectivity index (χ0v) is 15.0. The Hall–Kier alpha value is -0.580. The van der Waals surface area contributed by atoms with E-state index in [2.05, 4.69) is 40.2 Å². The molecule has 21 heavy (non-hydrogen) atoms. The monoisotopic (exact) mass is 374 g/mol. The van der Waals surface area contributed by atoms with E-state index in [1.165, 1.54) is 5.56 Å². The fourth-order valence-corrected chi connectivity index (χ4v) is 2.93. The average molecular weight is 376 g/mol. The zero-order valence-electron chi connectivity index (χ0n) is 12.6. The molecule has 0 aromatic heterocycles. The molecule has 1 saturated heterocycles. The summed E-state index contributed by atoms with van der Waals surface area (Å²) in [6.45, 7) is 5.63. The van der Waals surface area contributed by atoms with Crippen LogP contribution in [0.5, 0.6) is 0 Å². The smallest absolute Gasteiger partial charge is 0.239 e. The van der Waals surface area contributed by atoms with Crippen molar-refractivity contribution in [3.05, 3.63) is 34.3 Å². The second kappa shape index (κ2) is 8.16. The SMILES string of the molecule is CC(C)C(N)C(=O)N1CCC(c2ccc(Br)cc2)CC1.Cl. The first kappa shape index (κ1) is 18.5. The van der Waals surface area contributed by atoms with Crippen molar-refractivity contribution in [3.63, 3.8) is 0 Å². The second-order valence-electron chi connectivity index (χ2n) is 5.92. The van der Waals surface area contributed by atoms with E-state index in [4.69, 9.17) is 5.73 Å². The molecule has 0 aliphatic carbocycles.